The zero-order chi connectivity index (χ0) is 14.1. The Labute approximate surface area is 121 Å². The van der Waals surface area contributed by atoms with Crippen molar-refractivity contribution in [1.82, 2.24) is 0 Å². The van der Waals surface area contributed by atoms with Crippen molar-refractivity contribution in [3.8, 4) is 0 Å². The van der Waals surface area contributed by atoms with E-state index in [4.69, 9.17) is 4.74 Å². The Hall–Kier alpha value is -1.81. The van der Waals surface area contributed by atoms with Gasteiger partial charge in [0.15, 0.2) is 5.78 Å². The SMILES string of the molecule is CCOC(=O)C1=CC2=C(Cc3ccccc3S2)C(=O)C1. The van der Waals surface area contributed by atoms with Crippen LogP contribution < -0.4 is 0 Å². The van der Waals surface area contributed by atoms with Gasteiger partial charge >= 0.3 is 5.97 Å². The molecular weight excluding hydrogens is 272 g/mol. The number of allylic oxidation sites excluding steroid dienone is 2. The Kier molecular flexibility index (Phi) is 3.49. The molecule has 3 rings (SSSR count). The van der Waals surface area contributed by atoms with Crippen molar-refractivity contribution in [3.63, 3.8) is 0 Å². The van der Waals surface area contributed by atoms with Crippen LogP contribution >= 0.6 is 11.8 Å². The van der Waals surface area contributed by atoms with Crippen LogP contribution in [0, 0.1) is 0 Å². The Morgan fingerprint density at radius 1 is 1.30 bits per heavy atom. The summed E-state index contributed by atoms with van der Waals surface area (Å²) in [4.78, 5) is 26.1. The Morgan fingerprint density at radius 3 is 2.90 bits per heavy atom. The van der Waals surface area contributed by atoms with Gasteiger partial charge in [0.25, 0.3) is 0 Å². The molecule has 0 spiro atoms. The van der Waals surface area contributed by atoms with Gasteiger partial charge in [-0.1, -0.05) is 30.0 Å². The van der Waals surface area contributed by atoms with Crippen LogP contribution in [0.25, 0.3) is 0 Å². The number of fused-ring (bicyclic) bond motifs is 1. The third-order valence-electron chi connectivity index (χ3n) is 3.39. The molecule has 0 amide bonds. The molecule has 0 bridgehead atoms. The van der Waals surface area contributed by atoms with Crippen LogP contribution in [0.4, 0.5) is 0 Å². The minimum atomic E-state index is -0.383. The van der Waals surface area contributed by atoms with Gasteiger partial charge < -0.3 is 4.74 Å². The van der Waals surface area contributed by atoms with Crippen LogP contribution in [0.5, 0.6) is 0 Å². The topological polar surface area (TPSA) is 43.4 Å². The molecule has 102 valence electrons. The standard InChI is InChI=1S/C16H14O3S/c1-2-19-16(18)11-8-13(17)12-7-10-5-3-4-6-14(10)20-15(12)9-11/h3-6,9H,2,7-8H2,1H3. The lowest BCUT2D eigenvalue weighted by molar-refractivity contribution is -0.139. The number of ketones is 1. The highest BCUT2D eigenvalue weighted by molar-refractivity contribution is 8.03. The molecule has 0 saturated heterocycles. The molecule has 0 saturated carbocycles. The van der Waals surface area contributed by atoms with E-state index in [1.165, 1.54) is 5.56 Å². The molecule has 0 N–H and O–H groups in total. The smallest absolute Gasteiger partial charge is 0.334 e. The van der Waals surface area contributed by atoms with Crippen LogP contribution in [0.15, 0.2) is 51.3 Å². The summed E-state index contributed by atoms with van der Waals surface area (Å²) < 4.78 is 4.99. The average molecular weight is 286 g/mol. The molecule has 4 heteroatoms. The second kappa shape index (κ2) is 5.29. The number of hydrogen-bond donors (Lipinski definition) is 0. The first-order valence-corrected chi connectivity index (χ1v) is 7.40. The summed E-state index contributed by atoms with van der Waals surface area (Å²) in [5.74, 6) is -0.348. The van der Waals surface area contributed by atoms with Crippen LogP contribution in [0.3, 0.4) is 0 Å². The van der Waals surface area contributed by atoms with E-state index in [1.807, 2.05) is 30.3 Å². The van der Waals surface area contributed by atoms with Crippen molar-refractivity contribution >= 4 is 23.5 Å². The van der Waals surface area contributed by atoms with E-state index in [9.17, 15) is 9.59 Å². The lowest BCUT2D eigenvalue weighted by atomic mass is 9.92. The fourth-order valence-electron chi connectivity index (χ4n) is 2.40. The Bertz CT molecular complexity index is 655. The number of Topliss-reactive ketones (excluding diaryl/α,β-unsaturated/α-hetero) is 1. The summed E-state index contributed by atoms with van der Waals surface area (Å²) in [6.07, 6.45) is 2.62. The van der Waals surface area contributed by atoms with Crippen molar-refractivity contribution < 1.29 is 14.3 Å². The summed E-state index contributed by atoms with van der Waals surface area (Å²) >= 11 is 1.56. The molecule has 0 atom stereocenters. The normalized spacial score (nSPS) is 17.2. The van der Waals surface area contributed by atoms with Gasteiger partial charge in [0.2, 0.25) is 0 Å². The van der Waals surface area contributed by atoms with Gasteiger partial charge in [0.1, 0.15) is 0 Å². The quantitative estimate of drug-likeness (QED) is 0.784. The number of benzene rings is 1. The van der Waals surface area contributed by atoms with Crippen LogP contribution in [0.1, 0.15) is 18.9 Å². The second-order valence-corrected chi connectivity index (χ2v) is 5.80. The van der Waals surface area contributed by atoms with Gasteiger partial charge in [-0.2, -0.15) is 0 Å². The van der Waals surface area contributed by atoms with Crippen LogP contribution in [0.2, 0.25) is 0 Å². The molecule has 1 aromatic rings. The molecule has 1 aliphatic heterocycles. The summed E-state index contributed by atoms with van der Waals surface area (Å²) in [7, 11) is 0. The molecule has 1 heterocycles. The van der Waals surface area contributed by atoms with E-state index in [1.54, 1.807) is 18.7 Å². The molecule has 1 aromatic carbocycles. The Morgan fingerprint density at radius 2 is 2.10 bits per heavy atom. The van der Waals surface area contributed by atoms with Crippen molar-refractivity contribution in [2.24, 2.45) is 0 Å². The van der Waals surface area contributed by atoms with Gasteiger partial charge in [0, 0.05) is 33.8 Å². The molecule has 0 aromatic heterocycles. The molecular formula is C16H14O3S. The number of ether oxygens (including phenoxy) is 1. The third-order valence-corrected chi connectivity index (χ3v) is 4.59. The molecule has 1 aliphatic carbocycles. The van der Waals surface area contributed by atoms with E-state index in [2.05, 4.69) is 0 Å². The van der Waals surface area contributed by atoms with E-state index < -0.39 is 0 Å². The zero-order valence-electron chi connectivity index (χ0n) is 11.1. The first-order chi connectivity index (χ1) is 9.69. The average Bonchev–Trinajstić information content (AvgIpc) is 2.45. The number of carbonyl (C=O) groups excluding carboxylic acids is 2. The molecule has 0 fully saturated rings. The number of rotatable bonds is 2. The zero-order valence-corrected chi connectivity index (χ0v) is 12.0. The van der Waals surface area contributed by atoms with Gasteiger partial charge in [-0.15, -0.1) is 0 Å². The largest absolute Gasteiger partial charge is 0.463 e. The summed E-state index contributed by atoms with van der Waals surface area (Å²) in [6, 6.07) is 8.06. The van der Waals surface area contributed by atoms with Crippen molar-refractivity contribution in [2.75, 3.05) is 6.61 Å². The number of hydrogen-bond acceptors (Lipinski definition) is 4. The minimum absolute atomic E-state index is 0.0348. The van der Waals surface area contributed by atoms with Crippen LogP contribution in [-0.4, -0.2) is 18.4 Å². The van der Waals surface area contributed by atoms with Crippen LogP contribution in [-0.2, 0) is 20.7 Å². The predicted octanol–water partition coefficient (Wildman–Crippen LogP) is 3.05. The first-order valence-electron chi connectivity index (χ1n) is 6.59. The number of esters is 1. The predicted molar refractivity (Wildman–Crippen MR) is 77.4 cm³/mol. The Balaban J connectivity index is 1.95. The van der Waals surface area contributed by atoms with E-state index in [-0.39, 0.29) is 18.2 Å². The highest BCUT2D eigenvalue weighted by Crippen LogP contribution is 2.42. The number of carbonyl (C=O) groups is 2. The molecule has 2 aliphatic rings. The summed E-state index contributed by atoms with van der Waals surface area (Å²) in [6.45, 7) is 2.09. The molecule has 3 nitrogen and oxygen atoms in total. The lowest BCUT2D eigenvalue weighted by Crippen LogP contribution is -2.20. The van der Waals surface area contributed by atoms with E-state index >= 15 is 0 Å². The third kappa shape index (κ3) is 2.31. The number of thioether (sulfide) groups is 1. The van der Waals surface area contributed by atoms with Gasteiger partial charge in [-0.05, 0) is 24.6 Å². The van der Waals surface area contributed by atoms with E-state index in [0.717, 1.165) is 15.4 Å². The van der Waals surface area contributed by atoms with Gasteiger partial charge in [-0.3, -0.25) is 4.79 Å². The van der Waals surface area contributed by atoms with Gasteiger partial charge in [-0.25, -0.2) is 4.79 Å². The highest BCUT2D eigenvalue weighted by atomic mass is 32.2. The summed E-state index contributed by atoms with van der Waals surface area (Å²) in [5.41, 5.74) is 2.46. The maximum absolute atomic E-state index is 12.2. The fourth-order valence-corrected chi connectivity index (χ4v) is 3.57. The molecule has 20 heavy (non-hydrogen) atoms. The molecule has 0 unspecified atom stereocenters. The van der Waals surface area contributed by atoms with Gasteiger partial charge in [0.05, 0.1) is 6.61 Å². The molecule has 0 radical (unpaired) electrons. The van der Waals surface area contributed by atoms with Crippen molar-refractivity contribution in [3.05, 3.63) is 52.0 Å². The minimum Gasteiger partial charge on any atom is -0.463 e. The second-order valence-electron chi connectivity index (χ2n) is 4.72. The maximum Gasteiger partial charge on any atom is 0.334 e. The maximum atomic E-state index is 12.2. The summed E-state index contributed by atoms with van der Waals surface area (Å²) in [5, 5.41) is 0. The highest BCUT2D eigenvalue weighted by Gasteiger charge is 2.29. The monoisotopic (exact) mass is 286 g/mol. The van der Waals surface area contributed by atoms with Crippen molar-refractivity contribution in [2.45, 2.75) is 24.7 Å². The fraction of sp³-hybridized carbons (Fsp3) is 0.250. The first kappa shape index (κ1) is 13.2. The van der Waals surface area contributed by atoms with Crippen molar-refractivity contribution in [1.29, 1.82) is 0 Å². The van der Waals surface area contributed by atoms with E-state index in [0.29, 0.717) is 18.6 Å². The lowest BCUT2D eigenvalue weighted by Gasteiger charge is -2.23.